The van der Waals surface area contributed by atoms with Gasteiger partial charge in [0.2, 0.25) is 0 Å². The molecule has 0 saturated carbocycles. The number of nitrogens with two attached hydrogens (primary N) is 1. The smallest absolute Gasteiger partial charge is 0.00621 e. The molecule has 0 aliphatic rings. The zero-order chi connectivity index (χ0) is 8.08. The second-order valence-corrected chi connectivity index (χ2v) is 2.78. The van der Waals surface area contributed by atoms with Crippen molar-refractivity contribution in [2.75, 3.05) is 0 Å². The molecule has 0 saturated heterocycles. The minimum atomic E-state index is 0.0833. The molecule has 0 aromatic carbocycles. The lowest BCUT2D eigenvalue weighted by molar-refractivity contribution is 0.500. The highest BCUT2D eigenvalue weighted by Crippen LogP contribution is 2.17. The van der Waals surface area contributed by atoms with Crippen LogP contribution in [0.1, 0.15) is 20.8 Å². The van der Waals surface area contributed by atoms with E-state index in [2.05, 4.69) is 13.3 Å². The van der Waals surface area contributed by atoms with Crippen molar-refractivity contribution in [1.29, 1.82) is 5.41 Å². The minimum absolute atomic E-state index is 0.0833. The number of nitrogens with one attached hydrogen (secondary N) is 1. The van der Waals surface area contributed by atoms with Crippen molar-refractivity contribution >= 4 is 6.72 Å². The maximum absolute atomic E-state index is 5.50. The minimum Gasteiger partial charge on any atom is -0.402 e. The fraction of sp³-hybridized carbons (Fsp3) is 0.571. The van der Waals surface area contributed by atoms with Crippen LogP contribution in [0.3, 0.4) is 0 Å². The molecule has 54 valence electrons. The summed E-state index contributed by atoms with van der Waals surface area (Å²) in [6.07, 6.45) is 0. The van der Waals surface area contributed by atoms with Gasteiger partial charge in [-0.3, -0.25) is 0 Å². The van der Waals surface area contributed by atoms with Gasteiger partial charge >= 0.3 is 0 Å². The number of hydrogen-bond donors (Lipinski definition) is 2. The van der Waals surface area contributed by atoms with Gasteiger partial charge in [0, 0.05) is 11.1 Å². The van der Waals surface area contributed by atoms with Gasteiger partial charge in [-0.25, -0.2) is 0 Å². The summed E-state index contributed by atoms with van der Waals surface area (Å²) >= 11 is 0. The fourth-order valence-corrected chi connectivity index (χ4v) is 0. The number of allylic oxidation sites excluding steroid dienone is 1. The van der Waals surface area contributed by atoms with E-state index >= 15 is 0 Å². The van der Waals surface area contributed by atoms with E-state index in [1.807, 2.05) is 20.8 Å². The third-order valence-electron chi connectivity index (χ3n) is 0.963. The van der Waals surface area contributed by atoms with Crippen LogP contribution in [0.2, 0.25) is 0 Å². The van der Waals surface area contributed by atoms with Crippen molar-refractivity contribution in [3.05, 3.63) is 12.3 Å². The lowest BCUT2D eigenvalue weighted by Crippen LogP contribution is -2.14. The molecule has 2 nitrogen and oxygen atoms in total. The van der Waals surface area contributed by atoms with E-state index in [0.29, 0.717) is 0 Å². The molecule has 0 heterocycles. The van der Waals surface area contributed by atoms with Crippen LogP contribution in [-0.4, -0.2) is 6.72 Å². The first-order valence-corrected chi connectivity index (χ1v) is 2.75. The van der Waals surface area contributed by atoms with Gasteiger partial charge in [0.15, 0.2) is 0 Å². The van der Waals surface area contributed by atoms with Crippen LogP contribution >= 0.6 is 0 Å². The molecule has 0 spiro atoms. The molecule has 0 aromatic heterocycles. The van der Waals surface area contributed by atoms with Crippen LogP contribution in [0.4, 0.5) is 0 Å². The topological polar surface area (TPSA) is 49.9 Å². The number of hydrogen-bond acceptors (Lipinski definition) is 2. The average Bonchev–Trinajstić information content (AvgIpc) is 1.69. The Bertz CT molecular complexity index is 89.6. The predicted octanol–water partition coefficient (Wildman–Crippen LogP) is 1.77. The molecule has 0 amide bonds. The number of rotatable bonds is 0. The highest BCUT2D eigenvalue weighted by atomic mass is 14.6. The van der Waals surface area contributed by atoms with Gasteiger partial charge in [0.1, 0.15) is 0 Å². The quantitative estimate of drug-likeness (QED) is 0.480. The SMILES string of the molecule is C=C(N)C(C)(C)C.C=N. The monoisotopic (exact) mass is 128 g/mol. The molecule has 0 aromatic rings. The first-order chi connectivity index (χ1) is 3.94. The standard InChI is InChI=1S/C6H13N.CH3N/c1-5(7)6(2,3)4;1-2/h1,7H2,2-4H3;2H,1H2. The summed E-state index contributed by atoms with van der Waals surface area (Å²) in [6.45, 7) is 12.2. The first-order valence-electron chi connectivity index (χ1n) is 2.75. The summed E-state index contributed by atoms with van der Waals surface area (Å²) in [6, 6.07) is 0. The molecule has 0 atom stereocenters. The highest BCUT2D eigenvalue weighted by Gasteiger charge is 2.09. The van der Waals surface area contributed by atoms with Crippen molar-refractivity contribution in [1.82, 2.24) is 0 Å². The second-order valence-electron chi connectivity index (χ2n) is 2.78. The Hall–Kier alpha value is -0.790. The predicted molar refractivity (Wildman–Crippen MR) is 42.6 cm³/mol. The molecule has 0 fully saturated rings. The zero-order valence-corrected chi connectivity index (χ0v) is 6.49. The molecule has 9 heavy (non-hydrogen) atoms. The molecule has 3 N–H and O–H groups in total. The summed E-state index contributed by atoms with van der Waals surface area (Å²) in [4.78, 5) is 0. The molecule has 0 bridgehead atoms. The second kappa shape index (κ2) is 4.13. The van der Waals surface area contributed by atoms with Gasteiger partial charge in [-0.15, -0.1) is 0 Å². The van der Waals surface area contributed by atoms with Gasteiger partial charge in [-0.2, -0.15) is 0 Å². The Kier molecular flexibility index (Phi) is 5.07. The Morgan fingerprint density at radius 3 is 1.44 bits per heavy atom. The van der Waals surface area contributed by atoms with E-state index in [-0.39, 0.29) is 5.41 Å². The van der Waals surface area contributed by atoms with E-state index < -0.39 is 0 Å². The molecule has 2 heteroatoms. The van der Waals surface area contributed by atoms with E-state index in [4.69, 9.17) is 11.1 Å². The summed E-state index contributed by atoms with van der Waals surface area (Å²) in [5.41, 5.74) is 6.20. The van der Waals surface area contributed by atoms with Crippen LogP contribution in [0.15, 0.2) is 12.3 Å². The van der Waals surface area contributed by atoms with E-state index in [1.165, 1.54) is 0 Å². The van der Waals surface area contributed by atoms with Crippen molar-refractivity contribution in [2.24, 2.45) is 11.1 Å². The van der Waals surface area contributed by atoms with Gasteiger partial charge in [0.25, 0.3) is 0 Å². The molecule has 0 aliphatic heterocycles. The molecular formula is C7H16N2. The third kappa shape index (κ3) is 7.21. The summed E-state index contributed by atoms with van der Waals surface area (Å²) < 4.78 is 0. The van der Waals surface area contributed by atoms with E-state index in [1.54, 1.807) is 0 Å². The summed E-state index contributed by atoms with van der Waals surface area (Å²) in [5.74, 6) is 0. The van der Waals surface area contributed by atoms with Crippen LogP contribution in [-0.2, 0) is 0 Å². The normalized spacial score (nSPS) is 9.22. The van der Waals surface area contributed by atoms with Crippen LogP contribution in [0.25, 0.3) is 0 Å². The molecular weight excluding hydrogens is 112 g/mol. The molecule has 0 aliphatic carbocycles. The lowest BCUT2D eigenvalue weighted by Gasteiger charge is -2.16. The summed E-state index contributed by atoms with van der Waals surface area (Å²) in [5, 5.41) is 5.50. The van der Waals surface area contributed by atoms with E-state index in [9.17, 15) is 0 Å². The van der Waals surface area contributed by atoms with Crippen molar-refractivity contribution in [3.63, 3.8) is 0 Å². The van der Waals surface area contributed by atoms with Gasteiger partial charge in [-0.1, -0.05) is 27.4 Å². The maximum atomic E-state index is 5.50. The molecule has 0 unspecified atom stereocenters. The highest BCUT2D eigenvalue weighted by molar-refractivity contribution is 5.15. The van der Waals surface area contributed by atoms with E-state index in [0.717, 1.165) is 5.70 Å². The van der Waals surface area contributed by atoms with Crippen molar-refractivity contribution in [2.45, 2.75) is 20.8 Å². The average molecular weight is 128 g/mol. The fourth-order valence-electron chi connectivity index (χ4n) is 0. The van der Waals surface area contributed by atoms with Crippen molar-refractivity contribution < 1.29 is 0 Å². The van der Waals surface area contributed by atoms with Crippen molar-refractivity contribution in [3.8, 4) is 0 Å². The van der Waals surface area contributed by atoms with Crippen LogP contribution in [0, 0.1) is 10.8 Å². The van der Waals surface area contributed by atoms with Crippen LogP contribution < -0.4 is 5.73 Å². The maximum Gasteiger partial charge on any atom is 0.00621 e. The van der Waals surface area contributed by atoms with Gasteiger partial charge in [0.05, 0.1) is 0 Å². The van der Waals surface area contributed by atoms with Crippen LogP contribution in [0.5, 0.6) is 0 Å². The van der Waals surface area contributed by atoms with Gasteiger partial charge < -0.3 is 11.1 Å². The Balaban J connectivity index is 0. The Morgan fingerprint density at radius 2 is 1.44 bits per heavy atom. The Morgan fingerprint density at radius 1 is 1.33 bits per heavy atom. The lowest BCUT2D eigenvalue weighted by atomic mass is 9.94. The third-order valence-corrected chi connectivity index (χ3v) is 0.963. The molecule has 0 rings (SSSR count). The zero-order valence-electron chi connectivity index (χ0n) is 6.49. The first kappa shape index (κ1) is 11.1. The van der Waals surface area contributed by atoms with Gasteiger partial charge in [-0.05, 0) is 6.72 Å². The molecule has 0 radical (unpaired) electrons. The largest absolute Gasteiger partial charge is 0.402 e. The Labute approximate surface area is 57.3 Å². The summed E-state index contributed by atoms with van der Waals surface area (Å²) in [7, 11) is 0.